The molecule has 0 aromatic carbocycles. The second-order valence-electron chi connectivity index (χ2n) is 5.06. The molecule has 1 amide bonds. The Kier molecular flexibility index (Phi) is 5.09. The minimum Gasteiger partial charge on any atom is -0.353 e. The molecule has 0 atom stereocenters. The average Bonchev–Trinajstić information content (AvgIpc) is 2.53. The van der Waals surface area contributed by atoms with Crippen molar-refractivity contribution in [2.45, 2.75) is 31.5 Å². The minimum absolute atomic E-state index is 0.189. The van der Waals surface area contributed by atoms with Crippen LogP contribution in [0.2, 0.25) is 0 Å². The van der Waals surface area contributed by atoms with Crippen LogP contribution in [0.4, 0.5) is 0 Å². The fourth-order valence-electron chi connectivity index (χ4n) is 2.54. The molecule has 5 nitrogen and oxygen atoms in total. The summed E-state index contributed by atoms with van der Waals surface area (Å²) in [4.78, 5) is 18.1. The number of aromatic nitrogens is 1. The van der Waals surface area contributed by atoms with Crippen molar-refractivity contribution in [2.24, 2.45) is 0 Å². The van der Waals surface area contributed by atoms with Crippen molar-refractivity contribution < 1.29 is 14.3 Å². The highest BCUT2D eigenvalue weighted by Gasteiger charge is 2.35. The minimum atomic E-state index is -0.514. The highest BCUT2D eigenvalue weighted by molar-refractivity contribution is 5.76. The lowest BCUT2D eigenvalue weighted by Crippen LogP contribution is -2.48. The SMILES string of the molecule is COC1(OC)CCN(C(=O)CCc2cccnc2)CC1. The first-order valence-corrected chi connectivity index (χ1v) is 6.96. The summed E-state index contributed by atoms with van der Waals surface area (Å²) < 4.78 is 10.8. The highest BCUT2D eigenvalue weighted by atomic mass is 16.7. The quantitative estimate of drug-likeness (QED) is 0.768. The van der Waals surface area contributed by atoms with Crippen LogP contribution in [0, 0.1) is 0 Å². The molecule has 0 unspecified atom stereocenters. The molecule has 0 saturated carbocycles. The van der Waals surface area contributed by atoms with Crippen molar-refractivity contribution in [3.05, 3.63) is 30.1 Å². The maximum absolute atomic E-state index is 12.2. The zero-order valence-electron chi connectivity index (χ0n) is 12.2. The van der Waals surface area contributed by atoms with Crippen molar-refractivity contribution in [2.75, 3.05) is 27.3 Å². The Morgan fingerprint density at radius 1 is 1.35 bits per heavy atom. The molecule has 0 N–H and O–H groups in total. The predicted molar refractivity (Wildman–Crippen MR) is 75.1 cm³/mol. The number of amides is 1. The molecule has 1 aliphatic heterocycles. The summed E-state index contributed by atoms with van der Waals surface area (Å²) >= 11 is 0. The number of aryl methyl sites for hydroxylation is 1. The molecule has 1 saturated heterocycles. The first-order valence-electron chi connectivity index (χ1n) is 6.96. The summed E-state index contributed by atoms with van der Waals surface area (Å²) in [5.74, 6) is -0.324. The van der Waals surface area contributed by atoms with Gasteiger partial charge in [-0.1, -0.05) is 6.07 Å². The summed E-state index contributed by atoms with van der Waals surface area (Å²) in [5.41, 5.74) is 1.10. The average molecular weight is 278 g/mol. The standard InChI is InChI=1S/C15H22N2O3/c1-19-15(20-2)7-10-17(11-8-15)14(18)6-5-13-4-3-9-16-12-13/h3-4,9,12H,5-8,10-11H2,1-2H3. The lowest BCUT2D eigenvalue weighted by atomic mass is 10.0. The third-order valence-electron chi connectivity index (χ3n) is 3.97. The summed E-state index contributed by atoms with van der Waals surface area (Å²) in [6.07, 6.45) is 6.26. The van der Waals surface area contributed by atoms with Crippen LogP contribution in [-0.2, 0) is 20.7 Å². The summed E-state index contributed by atoms with van der Waals surface area (Å²) in [6.45, 7) is 1.38. The Balaban J connectivity index is 1.80. The first-order chi connectivity index (χ1) is 9.69. The summed E-state index contributed by atoms with van der Waals surface area (Å²) in [5, 5.41) is 0. The number of rotatable bonds is 5. The van der Waals surface area contributed by atoms with Gasteiger partial charge in [0.25, 0.3) is 0 Å². The first kappa shape index (κ1) is 14.9. The molecule has 1 aliphatic rings. The van der Waals surface area contributed by atoms with Gasteiger partial charge in [0.2, 0.25) is 5.91 Å². The van der Waals surface area contributed by atoms with E-state index in [4.69, 9.17) is 9.47 Å². The van der Waals surface area contributed by atoms with E-state index in [0.717, 1.165) is 24.8 Å². The van der Waals surface area contributed by atoms with Gasteiger partial charge >= 0.3 is 0 Å². The van der Waals surface area contributed by atoms with Gasteiger partial charge in [-0.05, 0) is 18.1 Å². The van der Waals surface area contributed by atoms with Gasteiger partial charge in [-0.25, -0.2) is 0 Å². The number of carbonyl (C=O) groups excluding carboxylic acids is 1. The highest BCUT2D eigenvalue weighted by Crippen LogP contribution is 2.26. The fraction of sp³-hybridized carbons (Fsp3) is 0.600. The van der Waals surface area contributed by atoms with Gasteiger partial charge in [-0.2, -0.15) is 0 Å². The second-order valence-corrected chi connectivity index (χ2v) is 5.06. The fourth-order valence-corrected chi connectivity index (χ4v) is 2.54. The number of pyridine rings is 1. The van der Waals surface area contributed by atoms with Gasteiger partial charge in [-0.3, -0.25) is 9.78 Å². The monoisotopic (exact) mass is 278 g/mol. The number of piperidine rings is 1. The lowest BCUT2D eigenvalue weighted by Gasteiger charge is -2.39. The van der Waals surface area contributed by atoms with Gasteiger partial charge in [0, 0.05) is 59.0 Å². The normalized spacial score (nSPS) is 18.0. The summed E-state index contributed by atoms with van der Waals surface area (Å²) in [7, 11) is 3.31. The Morgan fingerprint density at radius 3 is 2.60 bits per heavy atom. The smallest absolute Gasteiger partial charge is 0.222 e. The zero-order chi connectivity index (χ0) is 14.4. The van der Waals surface area contributed by atoms with E-state index < -0.39 is 5.79 Å². The van der Waals surface area contributed by atoms with Crippen molar-refractivity contribution in [3.8, 4) is 0 Å². The summed E-state index contributed by atoms with van der Waals surface area (Å²) in [6, 6.07) is 3.89. The van der Waals surface area contributed by atoms with Crippen LogP contribution in [-0.4, -0.2) is 48.9 Å². The number of hydrogen-bond acceptors (Lipinski definition) is 4. The maximum atomic E-state index is 12.2. The van der Waals surface area contributed by atoms with Crippen LogP contribution in [0.3, 0.4) is 0 Å². The van der Waals surface area contributed by atoms with E-state index in [1.165, 1.54) is 0 Å². The number of methoxy groups -OCH3 is 2. The van der Waals surface area contributed by atoms with Gasteiger partial charge in [-0.15, -0.1) is 0 Å². The Hall–Kier alpha value is -1.46. The molecule has 0 bridgehead atoms. The van der Waals surface area contributed by atoms with E-state index in [1.807, 2.05) is 23.2 Å². The largest absolute Gasteiger partial charge is 0.353 e. The van der Waals surface area contributed by atoms with Gasteiger partial charge in [0.1, 0.15) is 0 Å². The maximum Gasteiger partial charge on any atom is 0.222 e. The molecule has 0 spiro atoms. The van der Waals surface area contributed by atoms with Crippen molar-refractivity contribution in [1.29, 1.82) is 0 Å². The van der Waals surface area contributed by atoms with E-state index in [0.29, 0.717) is 19.5 Å². The van der Waals surface area contributed by atoms with Crippen molar-refractivity contribution in [1.82, 2.24) is 9.88 Å². The van der Waals surface area contributed by atoms with E-state index in [9.17, 15) is 4.79 Å². The van der Waals surface area contributed by atoms with E-state index in [1.54, 1.807) is 20.4 Å². The van der Waals surface area contributed by atoms with Gasteiger partial charge < -0.3 is 14.4 Å². The number of hydrogen-bond donors (Lipinski definition) is 0. The van der Waals surface area contributed by atoms with Crippen LogP contribution >= 0.6 is 0 Å². The molecule has 2 heterocycles. The molecule has 0 aliphatic carbocycles. The Morgan fingerprint density at radius 2 is 2.05 bits per heavy atom. The van der Waals surface area contributed by atoms with Crippen LogP contribution in [0.5, 0.6) is 0 Å². The Bertz CT molecular complexity index is 422. The number of nitrogens with zero attached hydrogens (tertiary/aromatic N) is 2. The lowest BCUT2D eigenvalue weighted by molar-refractivity contribution is -0.228. The van der Waals surface area contributed by atoms with Crippen molar-refractivity contribution in [3.63, 3.8) is 0 Å². The molecule has 1 fully saturated rings. The van der Waals surface area contributed by atoms with E-state index >= 15 is 0 Å². The number of carbonyl (C=O) groups is 1. The molecular formula is C15H22N2O3. The molecule has 2 rings (SSSR count). The molecule has 5 heteroatoms. The van der Waals surface area contributed by atoms with Crippen LogP contribution in [0.25, 0.3) is 0 Å². The third kappa shape index (κ3) is 3.55. The topological polar surface area (TPSA) is 51.7 Å². The third-order valence-corrected chi connectivity index (χ3v) is 3.97. The van der Waals surface area contributed by atoms with Crippen LogP contribution < -0.4 is 0 Å². The van der Waals surface area contributed by atoms with E-state index in [2.05, 4.69) is 4.98 Å². The Labute approximate surface area is 119 Å². The van der Waals surface area contributed by atoms with Crippen LogP contribution in [0.1, 0.15) is 24.8 Å². The van der Waals surface area contributed by atoms with E-state index in [-0.39, 0.29) is 5.91 Å². The number of ether oxygens (including phenoxy) is 2. The van der Waals surface area contributed by atoms with Gasteiger partial charge in [0.05, 0.1) is 0 Å². The molecule has 0 radical (unpaired) electrons. The molecular weight excluding hydrogens is 256 g/mol. The van der Waals surface area contributed by atoms with Crippen LogP contribution in [0.15, 0.2) is 24.5 Å². The molecule has 1 aromatic rings. The second kappa shape index (κ2) is 6.81. The molecule has 1 aromatic heterocycles. The van der Waals surface area contributed by atoms with Crippen molar-refractivity contribution >= 4 is 5.91 Å². The number of likely N-dealkylation sites (tertiary alicyclic amines) is 1. The zero-order valence-corrected chi connectivity index (χ0v) is 12.2. The molecule has 20 heavy (non-hydrogen) atoms. The predicted octanol–water partition coefficient (Wildman–Crippen LogP) is 1.63. The van der Waals surface area contributed by atoms with Gasteiger partial charge in [0.15, 0.2) is 5.79 Å². The molecule has 110 valence electrons.